The molecule has 1 aromatic carbocycles. The van der Waals surface area contributed by atoms with Crippen molar-refractivity contribution in [1.29, 1.82) is 0 Å². The summed E-state index contributed by atoms with van der Waals surface area (Å²) in [7, 11) is 0. The van der Waals surface area contributed by atoms with Crippen molar-refractivity contribution in [1.82, 2.24) is 10.6 Å². The van der Waals surface area contributed by atoms with Crippen molar-refractivity contribution in [2.75, 3.05) is 19.7 Å². The number of halogens is 1. The molecule has 0 unspecified atom stereocenters. The maximum Gasteiger partial charge on any atom is 0.191 e. The highest BCUT2D eigenvalue weighted by atomic mass is 127. The number of nitrogens with one attached hydrogen (secondary N) is 2. The van der Waals surface area contributed by atoms with Crippen LogP contribution in [0.25, 0.3) is 0 Å². The van der Waals surface area contributed by atoms with Gasteiger partial charge in [0.25, 0.3) is 0 Å². The third kappa shape index (κ3) is 7.57. The summed E-state index contributed by atoms with van der Waals surface area (Å²) in [5.41, 5.74) is 1.15. The summed E-state index contributed by atoms with van der Waals surface area (Å²) in [5, 5.41) is 6.48. The number of para-hydroxylation sites is 1. The number of benzene rings is 1. The number of ether oxygens (including phenoxy) is 1. The van der Waals surface area contributed by atoms with Crippen LogP contribution >= 0.6 is 24.0 Å². The lowest BCUT2D eigenvalue weighted by molar-refractivity contribution is 0.326. The van der Waals surface area contributed by atoms with Crippen LogP contribution in [0.1, 0.15) is 26.3 Å². The first-order valence-electron chi connectivity index (χ1n) is 6.86. The average Bonchev–Trinajstić information content (AvgIpc) is 2.36. The van der Waals surface area contributed by atoms with Crippen LogP contribution in [-0.4, -0.2) is 31.7 Å². The van der Waals surface area contributed by atoms with E-state index >= 15 is 0 Å². The highest BCUT2D eigenvalue weighted by Gasteiger charge is 2.00. The summed E-state index contributed by atoms with van der Waals surface area (Å²) in [6.45, 7) is 10.4. The molecule has 1 rings (SSSR count). The molecule has 0 heterocycles. The zero-order chi connectivity index (χ0) is 14.1. The Bertz CT molecular complexity index is 408. The molecule has 0 spiro atoms. The van der Waals surface area contributed by atoms with E-state index in [1.54, 1.807) is 0 Å². The molecule has 0 aliphatic carbocycles. The Labute approximate surface area is 139 Å². The Morgan fingerprint density at radius 3 is 2.60 bits per heavy atom. The van der Waals surface area contributed by atoms with Gasteiger partial charge in [-0.15, -0.1) is 24.0 Å². The maximum absolute atomic E-state index is 5.71. The van der Waals surface area contributed by atoms with Crippen molar-refractivity contribution in [3.8, 4) is 5.75 Å². The van der Waals surface area contributed by atoms with Crippen molar-refractivity contribution in [2.24, 2.45) is 4.99 Å². The van der Waals surface area contributed by atoms with Gasteiger partial charge in [-0.3, -0.25) is 0 Å². The van der Waals surface area contributed by atoms with E-state index in [0.29, 0.717) is 19.2 Å². The molecule has 0 fully saturated rings. The van der Waals surface area contributed by atoms with Crippen molar-refractivity contribution in [3.05, 3.63) is 29.8 Å². The molecular weight excluding hydrogens is 365 g/mol. The summed E-state index contributed by atoms with van der Waals surface area (Å²) < 4.78 is 5.71. The number of hydrogen-bond acceptors (Lipinski definition) is 2. The van der Waals surface area contributed by atoms with Crippen molar-refractivity contribution >= 4 is 29.9 Å². The number of aryl methyl sites for hydroxylation is 1. The first-order valence-corrected chi connectivity index (χ1v) is 6.86. The fraction of sp³-hybridized carbons (Fsp3) is 0.533. The molecule has 4 nitrogen and oxygen atoms in total. The fourth-order valence-electron chi connectivity index (χ4n) is 1.62. The molecule has 0 aliphatic rings. The third-order valence-corrected chi connectivity index (χ3v) is 2.48. The molecule has 20 heavy (non-hydrogen) atoms. The van der Waals surface area contributed by atoms with Crippen LogP contribution in [0.15, 0.2) is 29.3 Å². The van der Waals surface area contributed by atoms with E-state index < -0.39 is 0 Å². The van der Waals surface area contributed by atoms with Gasteiger partial charge < -0.3 is 15.4 Å². The summed E-state index contributed by atoms with van der Waals surface area (Å²) in [6, 6.07) is 8.39. The van der Waals surface area contributed by atoms with Crippen LogP contribution in [0.5, 0.6) is 5.75 Å². The Hall–Kier alpha value is -0.980. The highest BCUT2D eigenvalue weighted by Crippen LogP contribution is 2.15. The second-order valence-corrected chi connectivity index (χ2v) is 4.67. The SMILES string of the molecule is CCNC(=NCCOc1ccccc1C)NC(C)C.I. The second-order valence-electron chi connectivity index (χ2n) is 4.67. The predicted molar refractivity (Wildman–Crippen MR) is 96.3 cm³/mol. The summed E-state index contributed by atoms with van der Waals surface area (Å²) in [4.78, 5) is 4.47. The standard InChI is InChI=1S/C15H25N3O.HI/c1-5-16-15(18-12(2)3)17-10-11-19-14-9-7-6-8-13(14)4;/h6-9,12H,5,10-11H2,1-4H3,(H2,16,17,18);1H. The van der Waals surface area contributed by atoms with Crippen LogP contribution < -0.4 is 15.4 Å². The quantitative estimate of drug-likeness (QED) is 0.339. The highest BCUT2D eigenvalue weighted by molar-refractivity contribution is 14.0. The van der Waals surface area contributed by atoms with Crippen LogP contribution in [0.4, 0.5) is 0 Å². The third-order valence-electron chi connectivity index (χ3n) is 2.48. The largest absolute Gasteiger partial charge is 0.491 e. The Kier molecular flexibility index (Phi) is 10.2. The number of aliphatic imine (C=N–C) groups is 1. The monoisotopic (exact) mass is 391 g/mol. The lowest BCUT2D eigenvalue weighted by Gasteiger charge is -2.14. The lowest BCUT2D eigenvalue weighted by atomic mass is 10.2. The zero-order valence-electron chi connectivity index (χ0n) is 12.8. The molecule has 0 amide bonds. The molecule has 0 aromatic heterocycles. The fourth-order valence-corrected chi connectivity index (χ4v) is 1.62. The number of hydrogen-bond donors (Lipinski definition) is 2. The number of rotatable bonds is 6. The summed E-state index contributed by atoms with van der Waals surface area (Å²) >= 11 is 0. The minimum absolute atomic E-state index is 0. The van der Waals surface area contributed by atoms with Crippen LogP contribution in [0.3, 0.4) is 0 Å². The van der Waals surface area contributed by atoms with E-state index in [1.807, 2.05) is 31.2 Å². The molecule has 0 atom stereocenters. The minimum atomic E-state index is 0. The van der Waals surface area contributed by atoms with Crippen molar-refractivity contribution in [3.63, 3.8) is 0 Å². The van der Waals surface area contributed by atoms with Gasteiger partial charge in [-0.05, 0) is 39.3 Å². The molecule has 0 radical (unpaired) electrons. The summed E-state index contributed by atoms with van der Waals surface area (Å²) in [6.07, 6.45) is 0. The smallest absolute Gasteiger partial charge is 0.191 e. The van der Waals surface area contributed by atoms with E-state index in [1.165, 1.54) is 0 Å². The van der Waals surface area contributed by atoms with Crippen molar-refractivity contribution < 1.29 is 4.74 Å². The first kappa shape index (κ1) is 19.0. The van der Waals surface area contributed by atoms with Gasteiger partial charge >= 0.3 is 0 Å². The lowest BCUT2D eigenvalue weighted by Crippen LogP contribution is -2.41. The summed E-state index contributed by atoms with van der Waals surface area (Å²) in [5.74, 6) is 1.77. The molecule has 5 heteroatoms. The molecule has 1 aromatic rings. The van der Waals surface area contributed by atoms with Gasteiger partial charge in [0.15, 0.2) is 5.96 Å². The van der Waals surface area contributed by atoms with E-state index in [2.05, 4.69) is 36.4 Å². The molecule has 0 saturated heterocycles. The Morgan fingerprint density at radius 1 is 1.30 bits per heavy atom. The van der Waals surface area contributed by atoms with Gasteiger partial charge in [0.05, 0.1) is 6.54 Å². The molecule has 0 saturated carbocycles. The van der Waals surface area contributed by atoms with E-state index in [0.717, 1.165) is 23.8 Å². The van der Waals surface area contributed by atoms with Gasteiger partial charge in [0, 0.05) is 12.6 Å². The number of guanidine groups is 1. The van der Waals surface area contributed by atoms with Crippen LogP contribution in [0.2, 0.25) is 0 Å². The van der Waals surface area contributed by atoms with Crippen LogP contribution in [-0.2, 0) is 0 Å². The van der Waals surface area contributed by atoms with Gasteiger partial charge in [0.2, 0.25) is 0 Å². The van der Waals surface area contributed by atoms with Crippen molar-refractivity contribution in [2.45, 2.75) is 33.7 Å². The van der Waals surface area contributed by atoms with Gasteiger partial charge in [-0.25, -0.2) is 4.99 Å². The Morgan fingerprint density at radius 2 is 2.00 bits per heavy atom. The second kappa shape index (κ2) is 10.8. The maximum atomic E-state index is 5.71. The van der Waals surface area contributed by atoms with E-state index in [9.17, 15) is 0 Å². The molecule has 114 valence electrons. The van der Waals surface area contributed by atoms with E-state index in [4.69, 9.17) is 4.74 Å². The number of nitrogens with zero attached hydrogens (tertiary/aromatic N) is 1. The van der Waals surface area contributed by atoms with Gasteiger partial charge in [0.1, 0.15) is 12.4 Å². The average molecular weight is 391 g/mol. The molecule has 0 aliphatic heterocycles. The van der Waals surface area contributed by atoms with Crippen LogP contribution in [0, 0.1) is 6.92 Å². The van der Waals surface area contributed by atoms with E-state index in [-0.39, 0.29) is 24.0 Å². The minimum Gasteiger partial charge on any atom is -0.491 e. The Balaban J connectivity index is 0.00000361. The zero-order valence-corrected chi connectivity index (χ0v) is 15.1. The first-order chi connectivity index (χ1) is 9.13. The topological polar surface area (TPSA) is 45.7 Å². The normalized spacial score (nSPS) is 10.9. The molecule has 0 bridgehead atoms. The van der Waals surface area contributed by atoms with Gasteiger partial charge in [-0.2, -0.15) is 0 Å². The molecular formula is C15H26IN3O. The predicted octanol–water partition coefficient (Wildman–Crippen LogP) is 2.96. The van der Waals surface area contributed by atoms with Gasteiger partial charge in [-0.1, -0.05) is 18.2 Å². The molecule has 2 N–H and O–H groups in total.